The summed E-state index contributed by atoms with van der Waals surface area (Å²) in [4.78, 5) is 26.0. The Morgan fingerprint density at radius 3 is 1.47 bits per heavy atom. The smallest absolute Gasteiger partial charge is 0.306 e. The number of allylic oxidation sites excluding steroid dienone is 10. The highest BCUT2D eigenvalue weighted by Gasteiger charge is 2.24. The van der Waals surface area contributed by atoms with E-state index in [4.69, 9.17) is 4.74 Å². The zero-order valence-electron chi connectivity index (χ0n) is 37.5. The molecule has 3 unspecified atom stereocenters. The van der Waals surface area contributed by atoms with E-state index < -0.39 is 18.2 Å². The molecule has 0 saturated heterocycles. The van der Waals surface area contributed by atoms with Crippen LogP contribution in [0.1, 0.15) is 226 Å². The average molecular weight is 798 g/mol. The van der Waals surface area contributed by atoms with E-state index in [0.29, 0.717) is 19.3 Å². The van der Waals surface area contributed by atoms with Gasteiger partial charge in [-0.25, -0.2) is 0 Å². The highest BCUT2D eigenvalue weighted by molar-refractivity contribution is 5.77. The zero-order valence-corrected chi connectivity index (χ0v) is 37.5. The topological polar surface area (TPSA) is 95.9 Å². The lowest BCUT2D eigenvalue weighted by Gasteiger charge is -2.24. The van der Waals surface area contributed by atoms with Crippen molar-refractivity contribution in [2.75, 3.05) is 6.61 Å². The summed E-state index contributed by atoms with van der Waals surface area (Å²) in [6.07, 6.45) is 54.2. The van der Waals surface area contributed by atoms with E-state index in [0.717, 1.165) is 103 Å². The largest absolute Gasteiger partial charge is 0.462 e. The summed E-state index contributed by atoms with van der Waals surface area (Å²) in [6.45, 7) is 6.31. The van der Waals surface area contributed by atoms with Crippen LogP contribution in [0.25, 0.3) is 0 Å². The lowest BCUT2D eigenvalue weighted by molar-refractivity contribution is -0.151. The summed E-state index contributed by atoms with van der Waals surface area (Å²) < 4.78 is 5.90. The molecule has 0 saturated carbocycles. The van der Waals surface area contributed by atoms with Gasteiger partial charge in [0.05, 0.1) is 25.2 Å². The van der Waals surface area contributed by atoms with Gasteiger partial charge in [0.1, 0.15) is 6.10 Å². The molecule has 6 heteroatoms. The molecule has 0 spiro atoms. The summed E-state index contributed by atoms with van der Waals surface area (Å²) in [5, 5.41) is 23.6. The van der Waals surface area contributed by atoms with Gasteiger partial charge in [0.15, 0.2) is 0 Å². The highest BCUT2D eigenvalue weighted by atomic mass is 16.5. The normalized spacial score (nSPS) is 13.8. The minimum Gasteiger partial charge on any atom is -0.462 e. The second-order valence-corrected chi connectivity index (χ2v) is 16.1. The van der Waals surface area contributed by atoms with Crippen molar-refractivity contribution in [3.05, 3.63) is 60.8 Å². The molecule has 0 aromatic carbocycles. The van der Waals surface area contributed by atoms with Crippen LogP contribution in [0.15, 0.2) is 60.8 Å². The predicted octanol–water partition coefficient (Wildman–Crippen LogP) is 14.1. The first kappa shape index (κ1) is 54.6. The lowest BCUT2D eigenvalue weighted by atomic mass is 10.0. The maximum Gasteiger partial charge on any atom is 0.306 e. The third kappa shape index (κ3) is 40.1. The molecule has 57 heavy (non-hydrogen) atoms. The molecule has 6 nitrogen and oxygen atoms in total. The molecule has 0 radical (unpaired) electrons. The number of aliphatic hydroxyl groups is 2. The molecule has 0 bridgehead atoms. The number of carbonyl (C=O) groups is 2. The number of aliphatic hydroxyl groups excluding tert-OH is 2. The van der Waals surface area contributed by atoms with Crippen molar-refractivity contribution in [2.45, 2.75) is 244 Å². The summed E-state index contributed by atoms with van der Waals surface area (Å²) in [5.74, 6) is -0.517. The van der Waals surface area contributed by atoms with Crippen LogP contribution in [0.4, 0.5) is 0 Å². The number of rotatable bonds is 42. The van der Waals surface area contributed by atoms with Gasteiger partial charge in [-0.3, -0.25) is 9.59 Å². The number of nitrogens with one attached hydrogen (secondary N) is 1. The summed E-state index contributed by atoms with van der Waals surface area (Å²) in [7, 11) is 0. The number of ether oxygens (including phenoxy) is 1. The van der Waals surface area contributed by atoms with Gasteiger partial charge in [-0.2, -0.15) is 0 Å². The van der Waals surface area contributed by atoms with Crippen LogP contribution >= 0.6 is 0 Å². The van der Waals surface area contributed by atoms with E-state index in [1.807, 2.05) is 0 Å². The number of amides is 1. The van der Waals surface area contributed by atoms with Crippen LogP contribution in [0.2, 0.25) is 0 Å². The van der Waals surface area contributed by atoms with Gasteiger partial charge in [-0.15, -0.1) is 0 Å². The average Bonchev–Trinajstić information content (AvgIpc) is 3.20. The Bertz CT molecular complexity index is 1030. The number of esters is 1. The van der Waals surface area contributed by atoms with Gasteiger partial charge < -0.3 is 20.3 Å². The molecule has 0 rings (SSSR count). The Morgan fingerprint density at radius 2 is 0.947 bits per heavy atom. The third-order valence-corrected chi connectivity index (χ3v) is 10.6. The molecule has 0 heterocycles. The second-order valence-electron chi connectivity index (χ2n) is 16.1. The van der Waals surface area contributed by atoms with Crippen molar-refractivity contribution in [3.8, 4) is 0 Å². The highest BCUT2D eigenvalue weighted by Crippen LogP contribution is 2.17. The predicted molar refractivity (Wildman–Crippen MR) is 245 cm³/mol. The Balaban J connectivity index is 4.62. The van der Waals surface area contributed by atoms with E-state index in [9.17, 15) is 19.8 Å². The molecule has 0 aromatic rings. The number of hydrogen-bond donors (Lipinski definition) is 3. The maximum atomic E-state index is 13.1. The molecule has 0 fully saturated rings. The monoisotopic (exact) mass is 798 g/mol. The van der Waals surface area contributed by atoms with E-state index in [-0.39, 0.29) is 24.9 Å². The van der Waals surface area contributed by atoms with Crippen molar-refractivity contribution in [2.24, 2.45) is 0 Å². The molecule has 3 atom stereocenters. The van der Waals surface area contributed by atoms with Crippen molar-refractivity contribution < 1.29 is 24.5 Å². The standard InChI is InChI=1S/C51H91NO5/c1-4-7-10-13-16-19-21-23-24-25-26-27-29-32-35-38-41-44-51(56)57-47(42-39-36-33-31-28-22-20-17-14-11-8-5-2)45-50(55)52-48(46-53)49(54)43-40-37-34-30-18-15-12-9-6-3/h8,11,16-17,19-20,23-24,26-27,47-49,53-54H,4-7,9-10,12-15,18,21-22,25,28-46H2,1-3H3,(H,52,55)/b11-8+,19-16-,20-17+,24-23-,27-26-. The van der Waals surface area contributed by atoms with Crippen molar-refractivity contribution >= 4 is 11.9 Å². The molecule has 0 aliphatic heterocycles. The van der Waals surface area contributed by atoms with E-state index >= 15 is 0 Å². The minimum absolute atomic E-state index is 0.0571. The van der Waals surface area contributed by atoms with Crippen molar-refractivity contribution in [1.29, 1.82) is 0 Å². The maximum absolute atomic E-state index is 13.1. The Hall–Kier alpha value is -2.44. The van der Waals surface area contributed by atoms with Crippen molar-refractivity contribution in [1.82, 2.24) is 5.32 Å². The SMILES string of the molecule is CC/C=C/C/C=C/CCCCCCCC(CC(=O)NC(CO)C(O)CCCCCCCCCCC)OC(=O)CCCCCC/C=C\C/C=C\C/C=C\CCCCC. The lowest BCUT2D eigenvalue weighted by Crippen LogP contribution is -2.46. The van der Waals surface area contributed by atoms with Gasteiger partial charge in [-0.05, 0) is 89.9 Å². The molecule has 1 amide bonds. The summed E-state index contributed by atoms with van der Waals surface area (Å²) in [5.41, 5.74) is 0. The quantitative estimate of drug-likeness (QED) is 0.0325. The second kappa shape index (κ2) is 44.7. The van der Waals surface area contributed by atoms with Gasteiger partial charge in [0.2, 0.25) is 5.91 Å². The van der Waals surface area contributed by atoms with Gasteiger partial charge in [0.25, 0.3) is 0 Å². The van der Waals surface area contributed by atoms with Gasteiger partial charge in [0, 0.05) is 6.42 Å². The summed E-state index contributed by atoms with van der Waals surface area (Å²) in [6, 6.07) is -0.710. The van der Waals surface area contributed by atoms with Gasteiger partial charge >= 0.3 is 5.97 Å². The zero-order chi connectivity index (χ0) is 41.7. The number of carbonyl (C=O) groups excluding carboxylic acids is 2. The van der Waals surface area contributed by atoms with Crippen LogP contribution in [-0.4, -0.2) is 46.9 Å². The fourth-order valence-electron chi connectivity index (χ4n) is 6.94. The molecule has 330 valence electrons. The van der Waals surface area contributed by atoms with E-state index in [1.165, 1.54) is 77.0 Å². The molecule has 0 aliphatic carbocycles. The first-order chi connectivity index (χ1) is 28.0. The van der Waals surface area contributed by atoms with Crippen LogP contribution in [0.3, 0.4) is 0 Å². The van der Waals surface area contributed by atoms with E-state index in [1.54, 1.807) is 0 Å². The Kier molecular flexibility index (Phi) is 42.7. The molecule has 0 aromatic heterocycles. The van der Waals surface area contributed by atoms with Crippen molar-refractivity contribution in [3.63, 3.8) is 0 Å². The molecular formula is C51H91NO5. The van der Waals surface area contributed by atoms with Gasteiger partial charge in [-0.1, -0.05) is 184 Å². The third-order valence-electron chi connectivity index (χ3n) is 10.6. The fraction of sp³-hybridized carbons (Fsp3) is 0.765. The molecule has 0 aliphatic rings. The minimum atomic E-state index is -0.795. The fourth-order valence-corrected chi connectivity index (χ4v) is 6.94. The first-order valence-corrected chi connectivity index (χ1v) is 24.0. The molecular weight excluding hydrogens is 707 g/mol. The van der Waals surface area contributed by atoms with Crippen LogP contribution in [0.5, 0.6) is 0 Å². The number of unbranched alkanes of at least 4 members (excludes halogenated alkanes) is 20. The van der Waals surface area contributed by atoms with E-state index in [2.05, 4.69) is 86.8 Å². The van der Waals surface area contributed by atoms with Crippen LogP contribution in [0, 0.1) is 0 Å². The Labute approximate surface area is 352 Å². The summed E-state index contributed by atoms with van der Waals surface area (Å²) >= 11 is 0. The number of hydrogen-bond acceptors (Lipinski definition) is 5. The Morgan fingerprint density at radius 1 is 0.526 bits per heavy atom. The molecule has 3 N–H and O–H groups in total. The van der Waals surface area contributed by atoms with Crippen LogP contribution < -0.4 is 5.32 Å². The first-order valence-electron chi connectivity index (χ1n) is 24.0. The van der Waals surface area contributed by atoms with Crippen LogP contribution in [-0.2, 0) is 14.3 Å².